The van der Waals surface area contributed by atoms with Crippen molar-refractivity contribution in [3.8, 4) is 0 Å². The van der Waals surface area contributed by atoms with Gasteiger partial charge in [-0.3, -0.25) is 0 Å². The molecular formula is C8H11BBr2. The van der Waals surface area contributed by atoms with Crippen LogP contribution in [0, 0.1) is 0 Å². The Morgan fingerprint density at radius 1 is 1.55 bits per heavy atom. The molecule has 0 aliphatic carbocycles. The molecule has 60 valence electrons. The van der Waals surface area contributed by atoms with Crippen LogP contribution < -0.4 is 0 Å². The van der Waals surface area contributed by atoms with Crippen molar-refractivity contribution >= 4 is 38.6 Å². The van der Waals surface area contributed by atoms with Gasteiger partial charge in [0.2, 0.25) is 0 Å². The summed E-state index contributed by atoms with van der Waals surface area (Å²) in [5.41, 5.74) is 0. The fourth-order valence-corrected chi connectivity index (χ4v) is 1.88. The quantitative estimate of drug-likeness (QED) is 0.537. The van der Waals surface area contributed by atoms with Crippen LogP contribution in [0.4, 0.5) is 0 Å². The molecule has 0 saturated heterocycles. The molecule has 1 atom stereocenters. The lowest BCUT2D eigenvalue weighted by Gasteiger charge is -2.25. The topological polar surface area (TPSA) is 0 Å². The van der Waals surface area contributed by atoms with Gasteiger partial charge in [0.1, 0.15) is 0 Å². The Kier molecular flexibility index (Phi) is 3.44. The minimum Gasteiger partial charge on any atom is -0.113 e. The van der Waals surface area contributed by atoms with Crippen molar-refractivity contribution in [3.63, 3.8) is 0 Å². The summed E-state index contributed by atoms with van der Waals surface area (Å²) in [6.07, 6.45) is 7.58. The molecule has 0 radical (unpaired) electrons. The molecule has 0 fully saturated rings. The van der Waals surface area contributed by atoms with E-state index in [-0.39, 0.29) is 4.22 Å². The highest BCUT2D eigenvalue weighted by atomic mass is 79.9. The van der Waals surface area contributed by atoms with E-state index in [4.69, 9.17) is 0 Å². The molecule has 11 heavy (non-hydrogen) atoms. The molecule has 3 heteroatoms. The van der Waals surface area contributed by atoms with Crippen LogP contribution in [0.5, 0.6) is 0 Å². The van der Waals surface area contributed by atoms with Gasteiger partial charge >= 0.3 is 0 Å². The van der Waals surface area contributed by atoms with Crippen molar-refractivity contribution in [3.05, 3.63) is 24.2 Å². The minimum absolute atomic E-state index is 0.203. The molecule has 0 aromatic carbocycles. The van der Waals surface area contributed by atoms with Gasteiger partial charge in [0.15, 0.2) is 6.71 Å². The third-order valence-corrected chi connectivity index (χ3v) is 4.80. The number of allylic oxidation sites excluding steroid dienone is 3. The SMILES string of the molecule is CC(Br)(CBr)B1C=CC=CC1. The van der Waals surface area contributed by atoms with Gasteiger partial charge in [0.05, 0.1) is 0 Å². The number of halogens is 2. The number of rotatable bonds is 2. The summed E-state index contributed by atoms with van der Waals surface area (Å²) in [6.45, 7) is 2.84. The van der Waals surface area contributed by atoms with E-state index in [1.54, 1.807) is 0 Å². The molecule has 0 spiro atoms. The third-order valence-electron chi connectivity index (χ3n) is 2.02. The van der Waals surface area contributed by atoms with E-state index in [0.29, 0.717) is 6.71 Å². The second kappa shape index (κ2) is 3.95. The predicted octanol–water partition coefficient (Wildman–Crippen LogP) is 3.23. The highest BCUT2D eigenvalue weighted by Gasteiger charge is 2.31. The van der Waals surface area contributed by atoms with Gasteiger partial charge in [-0.25, -0.2) is 0 Å². The van der Waals surface area contributed by atoms with Gasteiger partial charge in [-0.05, 0) is 0 Å². The Balaban J connectivity index is 2.61. The number of hydrogen-bond donors (Lipinski definition) is 0. The van der Waals surface area contributed by atoms with E-state index in [9.17, 15) is 0 Å². The van der Waals surface area contributed by atoms with E-state index in [1.807, 2.05) is 0 Å². The van der Waals surface area contributed by atoms with Crippen LogP contribution in [0.1, 0.15) is 6.92 Å². The third kappa shape index (κ3) is 2.48. The lowest BCUT2D eigenvalue weighted by Crippen LogP contribution is -2.37. The maximum atomic E-state index is 3.71. The summed E-state index contributed by atoms with van der Waals surface area (Å²) in [5, 5.41) is 0.989. The lowest BCUT2D eigenvalue weighted by atomic mass is 9.39. The van der Waals surface area contributed by atoms with Gasteiger partial charge < -0.3 is 0 Å². The lowest BCUT2D eigenvalue weighted by molar-refractivity contribution is 1.02. The van der Waals surface area contributed by atoms with Crippen LogP contribution in [0.2, 0.25) is 6.32 Å². The van der Waals surface area contributed by atoms with Crippen molar-refractivity contribution < 1.29 is 0 Å². The predicted molar refractivity (Wildman–Crippen MR) is 60.0 cm³/mol. The second-order valence-electron chi connectivity index (χ2n) is 3.07. The maximum absolute atomic E-state index is 3.71. The smallest absolute Gasteiger partial charge is 0.113 e. The summed E-state index contributed by atoms with van der Waals surface area (Å²) in [4.78, 5) is 0. The molecule has 1 heterocycles. The Labute approximate surface area is 85.5 Å². The Morgan fingerprint density at radius 3 is 2.73 bits per heavy atom. The van der Waals surface area contributed by atoms with Crippen LogP contribution in [0.15, 0.2) is 24.2 Å². The maximum Gasteiger partial charge on any atom is 0.189 e. The normalized spacial score (nSPS) is 21.9. The summed E-state index contributed by atoms with van der Waals surface area (Å²) >= 11 is 7.21. The average molecular weight is 278 g/mol. The summed E-state index contributed by atoms with van der Waals surface area (Å²) in [7, 11) is 0. The first-order valence-corrected chi connectivity index (χ1v) is 5.66. The van der Waals surface area contributed by atoms with Crippen LogP contribution in [0.3, 0.4) is 0 Å². The van der Waals surface area contributed by atoms with Gasteiger partial charge in [-0.1, -0.05) is 63.3 Å². The van der Waals surface area contributed by atoms with Crippen molar-refractivity contribution in [1.29, 1.82) is 0 Å². The minimum atomic E-state index is 0.203. The van der Waals surface area contributed by atoms with Crippen molar-refractivity contribution in [2.75, 3.05) is 5.33 Å². The monoisotopic (exact) mass is 276 g/mol. The molecule has 0 aromatic rings. The van der Waals surface area contributed by atoms with Gasteiger partial charge in [-0.15, -0.1) is 5.98 Å². The van der Waals surface area contributed by atoms with Gasteiger partial charge in [0.25, 0.3) is 0 Å². The molecule has 0 aromatic heterocycles. The summed E-state index contributed by atoms with van der Waals surface area (Å²) in [5.74, 6) is 2.26. The molecule has 1 aliphatic heterocycles. The number of alkyl halides is 2. The Bertz CT molecular complexity index is 185. The molecule has 0 amide bonds. The van der Waals surface area contributed by atoms with Crippen molar-refractivity contribution in [1.82, 2.24) is 0 Å². The largest absolute Gasteiger partial charge is 0.189 e. The van der Waals surface area contributed by atoms with E-state index in [0.717, 1.165) is 11.7 Å². The molecule has 0 bridgehead atoms. The van der Waals surface area contributed by atoms with Crippen LogP contribution >= 0.6 is 31.9 Å². The highest BCUT2D eigenvalue weighted by Crippen LogP contribution is 2.27. The Morgan fingerprint density at radius 2 is 2.27 bits per heavy atom. The zero-order chi connectivity index (χ0) is 8.32. The van der Waals surface area contributed by atoms with Crippen LogP contribution in [-0.4, -0.2) is 16.3 Å². The van der Waals surface area contributed by atoms with E-state index < -0.39 is 0 Å². The van der Waals surface area contributed by atoms with Crippen LogP contribution in [-0.2, 0) is 0 Å². The molecule has 1 rings (SSSR count). The standard InChI is InChI=1S/C8H11BBr2/c1-8(11,7-10)9-5-3-2-4-6-9/h2-5H,6-7H2,1H3. The zero-order valence-electron chi connectivity index (χ0n) is 6.56. The first-order valence-electron chi connectivity index (χ1n) is 3.75. The highest BCUT2D eigenvalue weighted by molar-refractivity contribution is 9.12. The first-order chi connectivity index (χ1) is 5.17. The molecule has 0 N–H and O–H groups in total. The van der Waals surface area contributed by atoms with Crippen molar-refractivity contribution in [2.24, 2.45) is 0 Å². The summed E-state index contributed by atoms with van der Waals surface area (Å²) in [6, 6.07) is 0. The van der Waals surface area contributed by atoms with Gasteiger partial charge in [0, 0.05) is 9.55 Å². The van der Waals surface area contributed by atoms with Gasteiger partial charge in [-0.2, -0.15) is 0 Å². The first kappa shape index (κ1) is 9.59. The van der Waals surface area contributed by atoms with Crippen molar-refractivity contribution in [2.45, 2.75) is 17.5 Å². The second-order valence-corrected chi connectivity index (χ2v) is 5.44. The molecule has 1 aliphatic rings. The van der Waals surface area contributed by atoms with E-state index in [2.05, 4.69) is 63.0 Å². The van der Waals surface area contributed by atoms with Crippen LogP contribution in [0.25, 0.3) is 0 Å². The zero-order valence-corrected chi connectivity index (χ0v) is 9.73. The Hall–Kier alpha value is 0.505. The van der Waals surface area contributed by atoms with E-state index >= 15 is 0 Å². The fraction of sp³-hybridized carbons (Fsp3) is 0.500. The molecular weight excluding hydrogens is 267 g/mol. The molecule has 0 saturated carbocycles. The molecule has 1 unspecified atom stereocenters. The average Bonchev–Trinajstić information content (AvgIpc) is 2.06. The number of hydrogen-bond acceptors (Lipinski definition) is 0. The fourth-order valence-electron chi connectivity index (χ4n) is 1.13. The summed E-state index contributed by atoms with van der Waals surface area (Å²) < 4.78 is 0.203. The molecule has 0 nitrogen and oxygen atoms in total. The van der Waals surface area contributed by atoms with E-state index in [1.165, 1.54) is 0 Å².